The molecule has 2 aliphatic heterocycles. The van der Waals surface area contributed by atoms with Crippen molar-refractivity contribution in [2.75, 3.05) is 18.4 Å². The Morgan fingerprint density at radius 2 is 1.69 bits per heavy atom. The van der Waals surface area contributed by atoms with Gasteiger partial charge in [0.1, 0.15) is 12.1 Å². The molecule has 4 rings (SSSR count). The summed E-state index contributed by atoms with van der Waals surface area (Å²) in [4.78, 5) is 57.3. The van der Waals surface area contributed by atoms with Gasteiger partial charge in [0.15, 0.2) is 5.82 Å². The molecule has 2 aromatic rings. The normalized spacial score (nSPS) is 18.7. The molecule has 1 fully saturated rings. The van der Waals surface area contributed by atoms with E-state index in [1.807, 2.05) is 29.2 Å². The Hall–Kier alpha value is -3.21. The van der Waals surface area contributed by atoms with Crippen molar-refractivity contribution in [1.29, 1.82) is 0 Å². The molecule has 3 atom stereocenters. The third kappa shape index (κ3) is 8.74. The summed E-state index contributed by atoms with van der Waals surface area (Å²) in [5.74, 6) is -2.02. The van der Waals surface area contributed by atoms with E-state index in [0.29, 0.717) is 12.5 Å². The van der Waals surface area contributed by atoms with Gasteiger partial charge >= 0.3 is 0 Å². The summed E-state index contributed by atoms with van der Waals surface area (Å²) in [5.41, 5.74) is 7.39. The van der Waals surface area contributed by atoms with Crippen LogP contribution in [0.3, 0.4) is 0 Å². The lowest BCUT2D eigenvalue weighted by Crippen LogP contribution is -2.56. The average Bonchev–Trinajstić information content (AvgIpc) is 3.02. The van der Waals surface area contributed by atoms with Gasteiger partial charge in [-0.2, -0.15) is 0 Å². The molecule has 9 nitrogen and oxygen atoms in total. The topological polar surface area (TPSA) is 125 Å². The van der Waals surface area contributed by atoms with E-state index < -0.39 is 29.7 Å². The van der Waals surface area contributed by atoms with Gasteiger partial charge in [0.2, 0.25) is 23.6 Å². The van der Waals surface area contributed by atoms with Crippen molar-refractivity contribution >= 4 is 52.5 Å². The van der Waals surface area contributed by atoms with Crippen LogP contribution in [0.1, 0.15) is 69.9 Å². The van der Waals surface area contributed by atoms with E-state index in [1.165, 1.54) is 17.0 Å². The Labute approximate surface area is 274 Å². The summed E-state index contributed by atoms with van der Waals surface area (Å²) in [6, 6.07) is 8.35. The van der Waals surface area contributed by atoms with Gasteiger partial charge < -0.3 is 26.2 Å². The molecule has 2 heterocycles. The van der Waals surface area contributed by atoms with Crippen LogP contribution < -0.4 is 16.4 Å². The third-order valence-corrected chi connectivity index (χ3v) is 9.28. The number of rotatable bonds is 11. The molecule has 0 bridgehead atoms. The number of hydrogen-bond donors (Lipinski definition) is 3. The number of hydrogen-bond acceptors (Lipinski definition) is 5. The zero-order valence-electron chi connectivity index (χ0n) is 25.8. The zero-order chi connectivity index (χ0) is 32.7. The third-order valence-electron chi connectivity index (χ3n) is 8.50. The highest BCUT2D eigenvalue weighted by Gasteiger charge is 2.37. The van der Waals surface area contributed by atoms with E-state index >= 15 is 0 Å². The number of carbonyl (C=O) groups excluding carboxylic acids is 4. The lowest BCUT2D eigenvalue weighted by Gasteiger charge is -2.38. The van der Waals surface area contributed by atoms with Crippen LogP contribution in [0.5, 0.6) is 0 Å². The Kier molecular flexibility index (Phi) is 12.2. The molecule has 12 heteroatoms. The number of benzene rings is 2. The predicted octanol–water partition coefficient (Wildman–Crippen LogP) is 5.07. The number of nitrogens with zero attached hydrogens (tertiary/aromatic N) is 2. The lowest BCUT2D eigenvalue weighted by atomic mass is 9.92. The van der Waals surface area contributed by atoms with E-state index in [-0.39, 0.29) is 72.4 Å². The number of piperidine rings is 1. The van der Waals surface area contributed by atoms with Gasteiger partial charge in [-0.25, -0.2) is 4.39 Å². The van der Waals surface area contributed by atoms with E-state index in [4.69, 9.17) is 28.9 Å². The fourth-order valence-electron chi connectivity index (χ4n) is 6.18. The lowest BCUT2D eigenvalue weighted by molar-refractivity contribution is -0.144. The molecule has 0 saturated carbocycles. The van der Waals surface area contributed by atoms with E-state index in [9.17, 15) is 23.6 Å². The van der Waals surface area contributed by atoms with Gasteiger partial charge in [0.05, 0.1) is 15.7 Å². The molecule has 244 valence electrons. The fourth-order valence-corrected chi connectivity index (χ4v) is 6.49. The molecule has 4 amide bonds. The molecule has 0 radical (unpaired) electrons. The minimum absolute atomic E-state index is 0.00526. The quantitative estimate of drug-likeness (QED) is 0.290. The van der Waals surface area contributed by atoms with Crippen LogP contribution in [0, 0.1) is 11.7 Å². The van der Waals surface area contributed by atoms with Gasteiger partial charge in [0.25, 0.3) is 0 Å². The van der Waals surface area contributed by atoms with Crippen molar-refractivity contribution in [1.82, 2.24) is 15.1 Å². The van der Waals surface area contributed by atoms with Crippen LogP contribution in [0.25, 0.3) is 0 Å². The van der Waals surface area contributed by atoms with Crippen LogP contribution in [0.4, 0.5) is 10.1 Å². The molecular weight excluding hydrogens is 620 g/mol. The number of fused-ring (bicyclic) bond motifs is 1. The number of amides is 4. The van der Waals surface area contributed by atoms with Gasteiger partial charge in [-0.05, 0) is 67.8 Å². The summed E-state index contributed by atoms with van der Waals surface area (Å²) in [7, 11) is 0. The maximum absolute atomic E-state index is 14.6. The number of nitrogens with one attached hydrogen (secondary N) is 2. The highest BCUT2D eigenvalue weighted by molar-refractivity contribution is 6.42. The van der Waals surface area contributed by atoms with E-state index in [1.54, 1.807) is 0 Å². The molecule has 4 N–H and O–H groups in total. The van der Waals surface area contributed by atoms with Crippen LogP contribution in [0.2, 0.25) is 10.0 Å². The Morgan fingerprint density at radius 3 is 2.38 bits per heavy atom. The van der Waals surface area contributed by atoms with Gasteiger partial charge in [-0.3, -0.25) is 19.2 Å². The Bertz CT molecular complexity index is 1410. The van der Waals surface area contributed by atoms with Crippen LogP contribution in [0.15, 0.2) is 36.4 Å². The Morgan fingerprint density at radius 1 is 1.00 bits per heavy atom. The fraction of sp³-hybridized carbons (Fsp3) is 0.515. The summed E-state index contributed by atoms with van der Waals surface area (Å²) in [6.45, 7) is 5.25. The van der Waals surface area contributed by atoms with Gasteiger partial charge in [-0.15, -0.1) is 0 Å². The largest absolute Gasteiger partial charge is 0.342 e. The number of halogens is 3. The predicted molar refractivity (Wildman–Crippen MR) is 173 cm³/mol. The van der Waals surface area contributed by atoms with Crippen molar-refractivity contribution < 1.29 is 23.6 Å². The van der Waals surface area contributed by atoms with E-state index in [2.05, 4.69) is 24.5 Å². The first-order valence-electron chi connectivity index (χ1n) is 15.6. The monoisotopic (exact) mass is 661 g/mol. The number of anilines is 1. The number of nitrogens with two attached hydrogens (primary N) is 1. The first-order chi connectivity index (χ1) is 21.5. The molecule has 45 heavy (non-hydrogen) atoms. The van der Waals surface area contributed by atoms with Crippen molar-refractivity contribution in [3.8, 4) is 0 Å². The Balaban J connectivity index is 1.47. The van der Waals surface area contributed by atoms with Crippen molar-refractivity contribution in [3.05, 3.63) is 63.4 Å². The molecule has 1 unspecified atom stereocenters. The van der Waals surface area contributed by atoms with Gasteiger partial charge in [-0.1, -0.05) is 61.3 Å². The van der Waals surface area contributed by atoms with Crippen molar-refractivity contribution in [2.45, 2.75) is 89.9 Å². The summed E-state index contributed by atoms with van der Waals surface area (Å²) in [6.07, 6.45) is 4.29. The molecule has 0 spiro atoms. The minimum atomic E-state index is -1.11. The summed E-state index contributed by atoms with van der Waals surface area (Å²) in [5, 5.41) is 4.84. The molecule has 2 aliphatic rings. The maximum Gasteiger partial charge on any atom is 0.247 e. The molecule has 0 aliphatic carbocycles. The summed E-state index contributed by atoms with van der Waals surface area (Å²) >= 11 is 11.7. The average molecular weight is 663 g/mol. The molecule has 2 aromatic carbocycles. The second kappa shape index (κ2) is 15.9. The maximum atomic E-state index is 14.6. The van der Waals surface area contributed by atoms with Crippen molar-refractivity contribution in [3.63, 3.8) is 0 Å². The zero-order valence-corrected chi connectivity index (χ0v) is 27.3. The number of likely N-dealkylation sites (tertiary alicyclic amines) is 1. The smallest absolute Gasteiger partial charge is 0.247 e. The molecule has 0 aromatic heterocycles. The number of carbonyl (C=O) groups is 4. The van der Waals surface area contributed by atoms with Gasteiger partial charge in [0, 0.05) is 38.4 Å². The van der Waals surface area contributed by atoms with Crippen molar-refractivity contribution in [2.24, 2.45) is 11.7 Å². The molecular formula is C33H42Cl2FN5O4. The van der Waals surface area contributed by atoms with E-state index in [0.717, 1.165) is 36.8 Å². The SMILES string of the molecule is CC(C)CC1CCCCN1C(=O)CCC(=O)N1Cc2ccccc2C[C@H]1C(=O)N[C@@H](CCN)C(=O)Nc1ccc(Cl)c(Cl)c1F. The highest BCUT2D eigenvalue weighted by Crippen LogP contribution is 2.30. The highest BCUT2D eigenvalue weighted by atomic mass is 35.5. The first kappa shape index (κ1) is 34.7. The second-order valence-corrected chi connectivity index (χ2v) is 13.0. The van der Waals surface area contributed by atoms with Crippen LogP contribution in [-0.4, -0.2) is 64.6 Å². The molecule has 1 saturated heterocycles. The summed E-state index contributed by atoms with van der Waals surface area (Å²) < 4.78 is 14.6. The minimum Gasteiger partial charge on any atom is -0.342 e. The van der Waals surface area contributed by atoms with Crippen LogP contribution >= 0.6 is 23.2 Å². The standard InChI is InChI=1S/C33H42Cl2FN5O4/c1-20(2)17-23-9-5-6-16-40(23)28(42)12-13-29(43)41-19-22-8-4-3-7-21(22)18-27(41)33(45)39-26(14-15-37)32(44)38-25-11-10-24(34)30(35)31(25)36/h3-4,7-8,10-11,20,23,26-27H,5-6,9,12-19,37H2,1-2H3,(H,38,44)(H,39,45)/t23?,26-,27-/m0/s1. The van der Waals surface area contributed by atoms with Crippen LogP contribution in [-0.2, 0) is 32.1 Å². The second-order valence-electron chi connectivity index (χ2n) is 12.2. The first-order valence-corrected chi connectivity index (χ1v) is 16.4.